The van der Waals surface area contributed by atoms with Crippen molar-refractivity contribution in [1.29, 1.82) is 5.26 Å². The van der Waals surface area contributed by atoms with E-state index in [1.54, 1.807) is 12.3 Å². The van der Waals surface area contributed by atoms with Crippen molar-refractivity contribution >= 4 is 5.91 Å². The van der Waals surface area contributed by atoms with Crippen LogP contribution in [0.5, 0.6) is 0 Å². The quantitative estimate of drug-likeness (QED) is 0.453. The summed E-state index contributed by atoms with van der Waals surface area (Å²) >= 11 is 0. The van der Waals surface area contributed by atoms with Crippen LogP contribution in [0.25, 0.3) is 0 Å². The van der Waals surface area contributed by atoms with Gasteiger partial charge in [0, 0.05) is 5.57 Å². The van der Waals surface area contributed by atoms with E-state index in [1.165, 1.54) is 6.08 Å². The average Bonchev–Trinajstić information content (AvgIpc) is 2.38. The molecule has 0 aromatic carbocycles. The molecular formula is C15H17F3N2O. The number of amides is 1. The Kier molecular flexibility index (Phi) is 5.00. The number of rotatable bonds is 3. The predicted octanol–water partition coefficient (Wildman–Crippen LogP) is 3.72. The Labute approximate surface area is 122 Å². The maximum absolute atomic E-state index is 12.9. The maximum atomic E-state index is 12.9. The van der Waals surface area contributed by atoms with Crippen LogP contribution in [0.2, 0.25) is 0 Å². The zero-order chi connectivity index (χ0) is 16.3. The highest BCUT2D eigenvalue weighted by molar-refractivity contribution is 5.97. The van der Waals surface area contributed by atoms with Gasteiger partial charge in [-0.25, -0.2) is 4.90 Å². The number of carbonyl (C=O) groups excluding carboxylic acids is 1. The topological polar surface area (TPSA) is 44.1 Å². The van der Waals surface area contributed by atoms with Gasteiger partial charge in [0.2, 0.25) is 0 Å². The number of allylic oxidation sites excluding steroid dienone is 3. The fourth-order valence-electron chi connectivity index (χ4n) is 1.70. The van der Waals surface area contributed by atoms with Gasteiger partial charge in [0.1, 0.15) is 0 Å². The molecule has 0 bridgehead atoms. The lowest BCUT2D eigenvalue weighted by atomic mass is 9.81. The Morgan fingerprint density at radius 2 is 2.14 bits per heavy atom. The second kappa shape index (κ2) is 6.17. The number of nitrogens with zero attached hydrogens (tertiary/aromatic N) is 2. The molecule has 21 heavy (non-hydrogen) atoms. The number of carbonyl (C=O) groups is 1. The van der Waals surface area contributed by atoms with Crippen molar-refractivity contribution in [2.45, 2.75) is 33.4 Å². The first-order valence-electron chi connectivity index (χ1n) is 6.42. The van der Waals surface area contributed by atoms with Crippen molar-refractivity contribution in [2.24, 2.45) is 5.41 Å². The van der Waals surface area contributed by atoms with Gasteiger partial charge in [0.15, 0.2) is 6.19 Å². The van der Waals surface area contributed by atoms with E-state index in [4.69, 9.17) is 5.26 Å². The van der Waals surface area contributed by atoms with Crippen molar-refractivity contribution in [3.05, 3.63) is 35.5 Å². The normalized spacial score (nSPS) is 21.3. The van der Waals surface area contributed by atoms with Crippen molar-refractivity contribution in [2.75, 3.05) is 6.54 Å². The number of nitriles is 1. The van der Waals surface area contributed by atoms with Crippen LogP contribution in [0.3, 0.4) is 0 Å². The molecule has 0 N–H and O–H groups in total. The Morgan fingerprint density at radius 3 is 2.52 bits per heavy atom. The van der Waals surface area contributed by atoms with E-state index >= 15 is 0 Å². The third-order valence-corrected chi connectivity index (χ3v) is 3.32. The molecule has 0 saturated carbocycles. The second-order valence-corrected chi connectivity index (χ2v) is 5.41. The first kappa shape index (κ1) is 17.0. The summed E-state index contributed by atoms with van der Waals surface area (Å²) < 4.78 is 38.6. The van der Waals surface area contributed by atoms with Crippen molar-refractivity contribution in [3.63, 3.8) is 0 Å². The maximum Gasteiger partial charge on any atom is 0.397 e. The van der Waals surface area contributed by atoms with Crippen LogP contribution in [-0.2, 0) is 4.79 Å². The van der Waals surface area contributed by atoms with Gasteiger partial charge >= 0.3 is 6.18 Å². The Balaban J connectivity index is 2.86. The first-order valence-corrected chi connectivity index (χ1v) is 6.42. The smallest absolute Gasteiger partial charge is 0.268 e. The molecule has 0 heterocycles. The van der Waals surface area contributed by atoms with E-state index in [0.29, 0.717) is 0 Å². The zero-order valence-electron chi connectivity index (χ0n) is 12.2. The van der Waals surface area contributed by atoms with Crippen LogP contribution in [-0.4, -0.2) is 23.5 Å². The Bertz CT molecular complexity index is 548. The van der Waals surface area contributed by atoms with Crippen LogP contribution in [0, 0.1) is 16.9 Å². The van der Waals surface area contributed by atoms with Crippen LogP contribution in [0.4, 0.5) is 13.2 Å². The Morgan fingerprint density at radius 1 is 1.52 bits per heavy atom. The van der Waals surface area contributed by atoms with Crippen LogP contribution >= 0.6 is 0 Å². The molecule has 0 radical (unpaired) electrons. The van der Waals surface area contributed by atoms with E-state index < -0.39 is 17.5 Å². The zero-order valence-corrected chi connectivity index (χ0v) is 12.2. The molecule has 1 atom stereocenters. The molecule has 3 nitrogen and oxygen atoms in total. The van der Waals surface area contributed by atoms with Gasteiger partial charge in [-0.3, -0.25) is 4.79 Å². The lowest BCUT2D eigenvalue weighted by molar-refractivity contribution is -0.199. The molecule has 0 aliphatic heterocycles. The summed E-state index contributed by atoms with van der Waals surface area (Å²) in [7, 11) is 0. The lowest BCUT2D eigenvalue weighted by Crippen LogP contribution is -2.35. The monoisotopic (exact) mass is 298 g/mol. The SMILES string of the molecule is CC(C)=CCN(C#N)C(=O)C1=CCC(C)(C(F)(F)F)C=C1. The van der Waals surface area contributed by atoms with E-state index in [9.17, 15) is 18.0 Å². The van der Waals surface area contributed by atoms with Gasteiger partial charge < -0.3 is 0 Å². The minimum absolute atomic E-state index is 0.111. The highest BCUT2D eigenvalue weighted by atomic mass is 19.4. The Hall–Kier alpha value is -2.03. The fraction of sp³-hybridized carbons (Fsp3) is 0.467. The molecule has 1 aliphatic carbocycles. The molecule has 6 heteroatoms. The minimum Gasteiger partial charge on any atom is -0.268 e. The molecule has 0 spiro atoms. The van der Waals surface area contributed by atoms with Gasteiger partial charge in [0.25, 0.3) is 5.91 Å². The molecule has 0 aromatic heterocycles. The molecule has 1 rings (SSSR count). The van der Waals surface area contributed by atoms with E-state index in [2.05, 4.69) is 0 Å². The van der Waals surface area contributed by atoms with E-state index in [0.717, 1.165) is 29.5 Å². The van der Waals surface area contributed by atoms with Crippen molar-refractivity contribution < 1.29 is 18.0 Å². The van der Waals surface area contributed by atoms with Crippen molar-refractivity contribution in [1.82, 2.24) is 4.90 Å². The summed E-state index contributed by atoms with van der Waals surface area (Å²) in [5.74, 6) is -0.588. The van der Waals surface area contributed by atoms with Crippen molar-refractivity contribution in [3.8, 4) is 6.19 Å². The summed E-state index contributed by atoms with van der Waals surface area (Å²) in [5, 5.41) is 8.97. The van der Waals surface area contributed by atoms with Crippen LogP contribution in [0.1, 0.15) is 27.2 Å². The fourth-order valence-corrected chi connectivity index (χ4v) is 1.70. The van der Waals surface area contributed by atoms with Gasteiger partial charge in [-0.05, 0) is 27.2 Å². The number of hydrogen-bond donors (Lipinski definition) is 0. The minimum atomic E-state index is -4.37. The average molecular weight is 298 g/mol. The number of halogens is 3. The lowest BCUT2D eigenvalue weighted by Gasteiger charge is -2.30. The molecule has 0 aromatic rings. The molecule has 1 aliphatic rings. The summed E-state index contributed by atoms with van der Waals surface area (Å²) in [5.41, 5.74) is -0.907. The first-order chi connectivity index (χ1) is 9.60. The molecule has 1 unspecified atom stereocenters. The molecule has 0 fully saturated rings. The standard InChI is InChI=1S/C15H17F3N2O/c1-11(2)6-9-20(10-19)13(21)12-4-7-14(3,8-5-12)15(16,17)18/h4-7H,8-9H2,1-3H3. The van der Waals surface area contributed by atoms with E-state index in [-0.39, 0.29) is 18.5 Å². The molecular weight excluding hydrogens is 281 g/mol. The van der Waals surface area contributed by atoms with Gasteiger partial charge in [-0.1, -0.05) is 29.9 Å². The second-order valence-electron chi connectivity index (χ2n) is 5.41. The summed E-state index contributed by atoms with van der Waals surface area (Å²) in [6.07, 6.45) is 2.14. The van der Waals surface area contributed by atoms with Gasteiger partial charge in [0.05, 0.1) is 12.0 Å². The molecule has 1 amide bonds. The highest BCUT2D eigenvalue weighted by Crippen LogP contribution is 2.44. The highest BCUT2D eigenvalue weighted by Gasteiger charge is 2.49. The third-order valence-electron chi connectivity index (χ3n) is 3.32. The molecule has 114 valence electrons. The summed E-state index contributed by atoms with van der Waals surface area (Å²) in [6.45, 7) is 4.84. The van der Waals surface area contributed by atoms with Crippen LogP contribution in [0.15, 0.2) is 35.5 Å². The largest absolute Gasteiger partial charge is 0.397 e. The molecule has 0 saturated heterocycles. The van der Waals surface area contributed by atoms with E-state index in [1.807, 2.05) is 13.8 Å². The number of alkyl halides is 3. The third kappa shape index (κ3) is 3.97. The van der Waals surface area contributed by atoms with Crippen LogP contribution < -0.4 is 0 Å². The van der Waals surface area contributed by atoms with Gasteiger partial charge in [-0.15, -0.1) is 0 Å². The summed E-state index contributed by atoms with van der Waals surface area (Å²) in [6, 6.07) is 0. The summed E-state index contributed by atoms with van der Waals surface area (Å²) in [4.78, 5) is 13.0. The number of hydrogen-bond acceptors (Lipinski definition) is 2. The predicted molar refractivity (Wildman–Crippen MR) is 72.8 cm³/mol. The van der Waals surface area contributed by atoms with Gasteiger partial charge in [-0.2, -0.15) is 18.4 Å².